The second kappa shape index (κ2) is 8.95. The predicted molar refractivity (Wildman–Crippen MR) is 125 cm³/mol. The summed E-state index contributed by atoms with van der Waals surface area (Å²) in [6, 6.07) is 5.22. The number of hydrogen-bond acceptors (Lipinski definition) is 6. The minimum Gasteiger partial charge on any atom is -0.375 e. The molecule has 9 heteroatoms. The topological polar surface area (TPSA) is 88.8 Å². The zero-order valence-corrected chi connectivity index (χ0v) is 19.5. The standard InChI is InChI=1S/C24H33N5O4/c1-26-12-8-16(9-13-26)33-17-10-14-28(15-11-17)18-4-3-5-19-22(18)27(2)24(32)29(19)20-6-7-21(30)25-23(20)31/h3-5,16-17,20H,6-15H2,1-2H3,(H,25,30,31). The summed E-state index contributed by atoms with van der Waals surface area (Å²) in [5, 5.41) is 2.37. The van der Waals surface area contributed by atoms with Gasteiger partial charge in [0, 0.05) is 39.6 Å². The maximum Gasteiger partial charge on any atom is 0.329 e. The number of ether oxygens (including phenoxy) is 1. The van der Waals surface area contributed by atoms with E-state index in [1.807, 2.05) is 12.1 Å². The molecular weight excluding hydrogens is 422 g/mol. The van der Waals surface area contributed by atoms with Crippen molar-refractivity contribution in [2.45, 2.75) is 56.8 Å². The van der Waals surface area contributed by atoms with Gasteiger partial charge in [-0.05, 0) is 51.3 Å². The lowest BCUT2D eigenvalue weighted by Gasteiger charge is -2.37. The number of para-hydroxylation sites is 1. The van der Waals surface area contributed by atoms with Crippen molar-refractivity contribution in [2.75, 3.05) is 38.1 Å². The first-order valence-electron chi connectivity index (χ1n) is 12.0. The van der Waals surface area contributed by atoms with E-state index < -0.39 is 11.9 Å². The largest absolute Gasteiger partial charge is 0.375 e. The second-order valence-corrected chi connectivity index (χ2v) is 9.65. The molecule has 4 heterocycles. The molecule has 1 atom stereocenters. The van der Waals surface area contributed by atoms with Gasteiger partial charge in [-0.1, -0.05) is 6.07 Å². The molecule has 1 aromatic heterocycles. The van der Waals surface area contributed by atoms with Crippen LogP contribution in [0.1, 0.15) is 44.6 Å². The third-order valence-corrected chi connectivity index (χ3v) is 7.44. The smallest absolute Gasteiger partial charge is 0.329 e. The monoisotopic (exact) mass is 455 g/mol. The summed E-state index contributed by atoms with van der Waals surface area (Å²) in [6.45, 7) is 3.94. The van der Waals surface area contributed by atoms with Gasteiger partial charge < -0.3 is 14.5 Å². The van der Waals surface area contributed by atoms with Gasteiger partial charge in [0.15, 0.2) is 0 Å². The van der Waals surface area contributed by atoms with Crippen LogP contribution in [0, 0.1) is 0 Å². The first kappa shape index (κ1) is 22.2. The molecular formula is C24H33N5O4. The minimum atomic E-state index is -0.664. The van der Waals surface area contributed by atoms with Gasteiger partial charge in [-0.3, -0.25) is 24.0 Å². The Morgan fingerprint density at radius 3 is 2.24 bits per heavy atom. The van der Waals surface area contributed by atoms with Crippen LogP contribution in [0.25, 0.3) is 11.0 Å². The van der Waals surface area contributed by atoms with Crippen molar-refractivity contribution >= 4 is 28.5 Å². The van der Waals surface area contributed by atoms with Gasteiger partial charge in [0.05, 0.1) is 28.9 Å². The Morgan fingerprint density at radius 1 is 0.909 bits per heavy atom. The van der Waals surface area contributed by atoms with Gasteiger partial charge in [0.2, 0.25) is 11.8 Å². The molecule has 5 rings (SSSR count). The summed E-state index contributed by atoms with van der Waals surface area (Å²) in [5.74, 6) is -0.686. The number of anilines is 1. The van der Waals surface area contributed by atoms with E-state index >= 15 is 0 Å². The molecule has 3 aliphatic heterocycles. The van der Waals surface area contributed by atoms with E-state index in [0.29, 0.717) is 12.5 Å². The first-order valence-corrected chi connectivity index (χ1v) is 12.0. The summed E-state index contributed by atoms with van der Waals surface area (Å²) < 4.78 is 9.60. The lowest BCUT2D eigenvalue weighted by molar-refractivity contribution is -0.135. The lowest BCUT2D eigenvalue weighted by Crippen LogP contribution is -2.44. The number of nitrogens with one attached hydrogen (secondary N) is 1. The fraction of sp³-hybridized carbons (Fsp3) is 0.625. The van der Waals surface area contributed by atoms with E-state index in [4.69, 9.17) is 4.74 Å². The quantitative estimate of drug-likeness (QED) is 0.701. The number of carbonyl (C=O) groups excluding carboxylic acids is 2. The summed E-state index contributed by atoms with van der Waals surface area (Å²) >= 11 is 0. The van der Waals surface area contributed by atoms with Crippen molar-refractivity contribution in [3.05, 3.63) is 28.7 Å². The van der Waals surface area contributed by atoms with Crippen LogP contribution < -0.4 is 15.9 Å². The number of imidazole rings is 1. The number of likely N-dealkylation sites (tertiary alicyclic amines) is 1. The highest BCUT2D eigenvalue weighted by atomic mass is 16.5. The van der Waals surface area contributed by atoms with Gasteiger partial charge >= 0.3 is 5.69 Å². The maximum absolute atomic E-state index is 13.2. The van der Waals surface area contributed by atoms with Gasteiger partial charge in [0.25, 0.3) is 0 Å². The summed E-state index contributed by atoms with van der Waals surface area (Å²) in [6.07, 6.45) is 5.36. The third kappa shape index (κ3) is 4.19. The Kier molecular flexibility index (Phi) is 6.01. The summed E-state index contributed by atoms with van der Waals surface area (Å²) in [4.78, 5) is 41.9. The van der Waals surface area contributed by atoms with Crippen molar-refractivity contribution < 1.29 is 14.3 Å². The number of imide groups is 1. The van der Waals surface area contributed by atoms with E-state index in [9.17, 15) is 14.4 Å². The van der Waals surface area contributed by atoms with Gasteiger partial charge in [-0.15, -0.1) is 0 Å². The number of piperidine rings is 3. The first-order chi connectivity index (χ1) is 15.9. The highest BCUT2D eigenvalue weighted by molar-refractivity contribution is 6.00. The number of carbonyl (C=O) groups is 2. The fourth-order valence-electron chi connectivity index (χ4n) is 5.53. The molecule has 2 aromatic rings. The van der Waals surface area contributed by atoms with Crippen LogP contribution in [0.15, 0.2) is 23.0 Å². The minimum absolute atomic E-state index is 0.229. The van der Waals surface area contributed by atoms with Crippen molar-refractivity contribution in [3.63, 3.8) is 0 Å². The number of rotatable bonds is 4. The molecule has 1 aromatic carbocycles. The highest BCUT2D eigenvalue weighted by Gasteiger charge is 2.32. The van der Waals surface area contributed by atoms with E-state index in [-0.39, 0.29) is 24.1 Å². The van der Waals surface area contributed by atoms with Crippen molar-refractivity contribution in [1.82, 2.24) is 19.4 Å². The van der Waals surface area contributed by atoms with Crippen molar-refractivity contribution in [3.8, 4) is 0 Å². The van der Waals surface area contributed by atoms with Crippen LogP contribution in [-0.4, -0.2) is 71.3 Å². The van der Waals surface area contributed by atoms with Crippen LogP contribution >= 0.6 is 0 Å². The molecule has 0 spiro atoms. The van der Waals surface area contributed by atoms with E-state index in [0.717, 1.165) is 68.6 Å². The molecule has 3 fully saturated rings. The molecule has 0 bridgehead atoms. The van der Waals surface area contributed by atoms with Crippen LogP contribution in [0.4, 0.5) is 5.69 Å². The van der Waals surface area contributed by atoms with Crippen LogP contribution in [0.3, 0.4) is 0 Å². The van der Waals surface area contributed by atoms with Crippen molar-refractivity contribution in [2.24, 2.45) is 7.05 Å². The van der Waals surface area contributed by atoms with Gasteiger partial charge in [-0.2, -0.15) is 0 Å². The Morgan fingerprint density at radius 2 is 1.58 bits per heavy atom. The molecule has 0 aliphatic carbocycles. The Hall–Kier alpha value is -2.65. The number of fused-ring (bicyclic) bond motifs is 1. The number of nitrogens with zero attached hydrogens (tertiary/aromatic N) is 4. The van der Waals surface area contributed by atoms with Gasteiger partial charge in [-0.25, -0.2) is 4.79 Å². The second-order valence-electron chi connectivity index (χ2n) is 9.65. The van der Waals surface area contributed by atoms with Gasteiger partial charge in [0.1, 0.15) is 6.04 Å². The molecule has 1 unspecified atom stereocenters. The van der Waals surface area contributed by atoms with E-state index in [1.54, 1.807) is 16.2 Å². The number of amides is 2. The molecule has 33 heavy (non-hydrogen) atoms. The SMILES string of the molecule is CN1CCC(OC2CCN(c3cccc4c3n(C)c(=O)n4C3CCC(=O)NC3=O)CC2)CC1. The highest BCUT2D eigenvalue weighted by Crippen LogP contribution is 2.32. The predicted octanol–water partition coefficient (Wildman–Crippen LogP) is 1.40. The summed E-state index contributed by atoms with van der Waals surface area (Å²) in [7, 11) is 3.92. The third-order valence-electron chi connectivity index (χ3n) is 7.44. The van der Waals surface area contributed by atoms with Crippen molar-refractivity contribution in [1.29, 1.82) is 0 Å². The average Bonchev–Trinajstić information content (AvgIpc) is 3.06. The molecule has 178 valence electrons. The van der Waals surface area contributed by atoms with Crippen LogP contribution in [0.2, 0.25) is 0 Å². The Labute approximate surface area is 193 Å². The fourth-order valence-corrected chi connectivity index (χ4v) is 5.53. The lowest BCUT2D eigenvalue weighted by atomic mass is 10.0. The number of hydrogen-bond donors (Lipinski definition) is 1. The van der Waals surface area contributed by atoms with Crippen LogP contribution in [-0.2, 0) is 21.4 Å². The Bertz CT molecular complexity index is 1110. The molecule has 2 amide bonds. The molecule has 3 saturated heterocycles. The number of aromatic nitrogens is 2. The normalized spacial score (nSPS) is 23.9. The van der Waals surface area contributed by atoms with Crippen LogP contribution in [0.5, 0.6) is 0 Å². The number of benzene rings is 1. The summed E-state index contributed by atoms with van der Waals surface area (Å²) in [5.41, 5.74) is 2.35. The maximum atomic E-state index is 13.2. The van der Waals surface area contributed by atoms with E-state index in [2.05, 4.69) is 28.2 Å². The Balaban J connectivity index is 1.35. The zero-order valence-electron chi connectivity index (χ0n) is 19.5. The molecule has 3 aliphatic rings. The zero-order chi connectivity index (χ0) is 23.1. The average molecular weight is 456 g/mol. The molecule has 9 nitrogen and oxygen atoms in total. The molecule has 0 radical (unpaired) electrons. The molecule has 0 saturated carbocycles. The number of aryl methyl sites for hydroxylation is 1. The molecule has 1 N–H and O–H groups in total. The van der Waals surface area contributed by atoms with E-state index in [1.165, 1.54) is 0 Å².